The topological polar surface area (TPSA) is 46.5 Å². The molecule has 1 rings (SSSR count). The smallest absolute Gasteiger partial charge is 0.387 e. The second kappa shape index (κ2) is 4.72. The predicted octanol–water partition coefficient (Wildman–Crippen LogP) is 2.13. The van der Waals surface area contributed by atoms with Crippen LogP contribution < -0.4 is 4.74 Å². The number of ether oxygens (including phenoxy) is 1. The number of benzene rings is 1. The van der Waals surface area contributed by atoms with E-state index in [1.165, 1.54) is 19.1 Å². The van der Waals surface area contributed by atoms with E-state index in [1.54, 1.807) is 0 Å². The van der Waals surface area contributed by atoms with Crippen LogP contribution in [-0.4, -0.2) is 17.5 Å². The molecule has 1 aromatic carbocycles. The summed E-state index contributed by atoms with van der Waals surface area (Å²) in [6.07, 6.45) is 0.0774. The largest absolute Gasteiger partial charge is 0.508 e. The van der Waals surface area contributed by atoms with Crippen LogP contribution in [0.25, 0.3) is 0 Å². The molecule has 0 atom stereocenters. The standard InChI is InChI=1S/C10H10F2O3/c1-6(13)2-7-3-8(14)5-9(4-7)15-10(11)12/h3-5,10,14H,2H2,1H3. The maximum absolute atomic E-state index is 11.9. The van der Waals surface area contributed by atoms with Crippen molar-refractivity contribution < 1.29 is 23.4 Å². The van der Waals surface area contributed by atoms with E-state index in [4.69, 9.17) is 0 Å². The number of phenols is 1. The van der Waals surface area contributed by atoms with Crippen LogP contribution in [0.2, 0.25) is 0 Å². The van der Waals surface area contributed by atoms with Crippen molar-refractivity contribution >= 4 is 5.78 Å². The van der Waals surface area contributed by atoms with E-state index in [9.17, 15) is 18.7 Å². The van der Waals surface area contributed by atoms with Gasteiger partial charge in [0.15, 0.2) is 0 Å². The second-order valence-electron chi connectivity index (χ2n) is 3.09. The highest BCUT2D eigenvalue weighted by Gasteiger charge is 2.08. The third-order valence-electron chi connectivity index (χ3n) is 1.63. The number of carbonyl (C=O) groups excluding carboxylic acids is 1. The van der Waals surface area contributed by atoms with Gasteiger partial charge >= 0.3 is 6.61 Å². The Labute approximate surface area is 85.3 Å². The summed E-state index contributed by atoms with van der Waals surface area (Å²) in [5.74, 6) is -0.478. The van der Waals surface area contributed by atoms with E-state index in [0.717, 1.165) is 6.07 Å². The summed E-state index contributed by atoms with van der Waals surface area (Å²) in [5.41, 5.74) is 0.443. The zero-order valence-corrected chi connectivity index (χ0v) is 8.04. The molecule has 0 aromatic heterocycles. The highest BCUT2D eigenvalue weighted by atomic mass is 19.3. The number of alkyl halides is 2. The van der Waals surface area contributed by atoms with Crippen molar-refractivity contribution in [3.8, 4) is 11.5 Å². The number of ketones is 1. The number of halogens is 2. The van der Waals surface area contributed by atoms with Crippen molar-refractivity contribution in [1.29, 1.82) is 0 Å². The molecular weight excluding hydrogens is 206 g/mol. The van der Waals surface area contributed by atoms with Crippen LogP contribution in [0.4, 0.5) is 8.78 Å². The lowest BCUT2D eigenvalue weighted by atomic mass is 10.1. The van der Waals surface area contributed by atoms with Crippen LogP contribution in [-0.2, 0) is 11.2 Å². The molecule has 0 aliphatic carbocycles. The van der Waals surface area contributed by atoms with Gasteiger partial charge in [0, 0.05) is 12.5 Å². The van der Waals surface area contributed by atoms with E-state index in [2.05, 4.69) is 4.74 Å². The Kier molecular flexibility index (Phi) is 3.60. The molecule has 0 amide bonds. The monoisotopic (exact) mass is 216 g/mol. The quantitative estimate of drug-likeness (QED) is 0.838. The number of hydrogen-bond acceptors (Lipinski definition) is 3. The third kappa shape index (κ3) is 3.93. The van der Waals surface area contributed by atoms with Gasteiger partial charge in [-0.3, -0.25) is 4.79 Å². The molecule has 0 heterocycles. The average molecular weight is 216 g/mol. The van der Waals surface area contributed by atoms with Gasteiger partial charge in [0.25, 0.3) is 0 Å². The molecule has 3 nitrogen and oxygen atoms in total. The van der Waals surface area contributed by atoms with Gasteiger partial charge in [-0.1, -0.05) is 0 Å². The SMILES string of the molecule is CC(=O)Cc1cc(O)cc(OC(F)F)c1. The van der Waals surface area contributed by atoms with Gasteiger partial charge in [0.05, 0.1) is 0 Å². The van der Waals surface area contributed by atoms with E-state index in [1.807, 2.05) is 0 Å². The second-order valence-corrected chi connectivity index (χ2v) is 3.09. The van der Waals surface area contributed by atoms with Gasteiger partial charge in [-0.2, -0.15) is 8.78 Å². The summed E-state index contributed by atoms with van der Waals surface area (Å²) in [5, 5.41) is 9.18. The molecule has 5 heteroatoms. The van der Waals surface area contributed by atoms with E-state index in [-0.39, 0.29) is 23.7 Å². The molecule has 0 bridgehead atoms. The Hall–Kier alpha value is -1.65. The van der Waals surface area contributed by atoms with Crippen LogP contribution >= 0.6 is 0 Å². The first kappa shape index (κ1) is 11.4. The van der Waals surface area contributed by atoms with E-state index >= 15 is 0 Å². The first-order chi connectivity index (χ1) is 6.97. The van der Waals surface area contributed by atoms with Crippen LogP contribution in [0.1, 0.15) is 12.5 Å². The molecule has 82 valence electrons. The van der Waals surface area contributed by atoms with Crippen LogP contribution in [0.15, 0.2) is 18.2 Å². The summed E-state index contributed by atoms with van der Waals surface area (Å²) in [4.78, 5) is 10.8. The van der Waals surface area contributed by atoms with Crippen molar-refractivity contribution in [2.75, 3.05) is 0 Å². The lowest BCUT2D eigenvalue weighted by Gasteiger charge is -2.07. The van der Waals surface area contributed by atoms with Crippen molar-refractivity contribution in [2.24, 2.45) is 0 Å². The van der Waals surface area contributed by atoms with Crippen LogP contribution in [0, 0.1) is 0 Å². The number of hydrogen-bond donors (Lipinski definition) is 1. The van der Waals surface area contributed by atoms with Crippen LogP contribution in [0.5, 0.6) is 11.5 Å². The molecule has 0 aliphatic heterocycles. The van der Waals surface area contributed by atoms with E-state index in [0.29, 0.717) is 5.56 Å². The van der Waals surface area contributed by atoms with Gasteiger partial charge in [0.2, 0.25) is 0 Å². The fraction of sp³-hybridized carbons (Fsp3) is 0.300. The zero-order valence-electron chi connectivity index (χ0n) is 8.04. The fourth-order valence-electron chi connectivity index (χ4n) is 1.20. The van der Waals surface area contributed by atoms with Crippen molar-refractivity contribution in [2.45, 2.75) is 20.0 Å². The zero-order chi connectivity index (χ0) is 11.4. The van der Waals surface area contributed by atoms with Gasteiger partial charge in [-0.05, 0) is 24.6 Å². The predicted molar refractivity (Wildman–Crippen MR) is 49.1 cm³/mol. The Morgan fingerprint density at radius 1 is 1.47 bits per heavy atom. The Balaban J connectivity index is 2.89. The number of aromatic hydroxyl groups is 1. The minimum Gasteiger partial charge on any atom is -0.508 e. The first-order valence-electron chi connectivity index (χ1n) is 4.24. The maximum atomic E-state index is 11.9. The van der Waals surface area contributed by atoms with E-state index < -0.39 is 6.61 Å². The molecular formula is C10H10F2O3. The number of rotatable bonds is 4. The molecule has 0 aliphatic rings. The highest BCUT2D eigenvalue weighted by Crippen LogP contribution is 2.23. The summed E-state index contributed by atoms with van der Waals surface area (Å²) in [7, 11) is 0. The minimum absolute atomic E-state index is 0.0774. The van der Waals surface area contributed by atoms with Crippen molar-refractivity contribution in [3.63, 3.8) is 0 Å². The lowest BCUT2D eigenvalue weighted by molar-refractivity contribution is -0.116. The Morgan fingerprint density at radius 2 is 2.13 bits per heavy atom. The molecule has 15 heavy (non-hydrogen) atoms. The molecule has 0 spiro atoms. The summed E-state index contributed by atoms with van der Waals surface area (Å²) in [6, 6.07) is 3.70. The molecule has 0 fully saturated rings. The lowest BCUT2D eigenvalue weighted by Crippen LogP contribution is -2.03. The summed E-state index contributed by atoms with van der Waals surface area (Å²) in [6.45, 7) is -1.57. The van der Waals surface area contributed by atoms with Gasteiger partial charge in [-0.15, -0.1) is 0 Å². The summed E-state index contributed by atoms with van der Waals surface area (Å²) < 4.78 is 27.9. The molecule has 0 radical (unpaired) electrons. The first-order valence-corrected chi connectivity index (χ1v) is 4.24. The third-order valence-corrected chi connectivity index (χ3v) is 1.63. The highest BCUT2D eigenvalue weighted by molar-refractivity contribution is 5.78. The van der Waals surface area contributed by atoms with Crippen molar-refractivity contribution in [1.82, 2.24) is 0 Å². The Morgan fingerprint density at radius 3 is 2.67 bits per heavy atom. The van der Waals surface area contributed by atoms with Gasteiger partial charge < -0.3 is 9.84 Å². The molecule has 0 unspecified atom stereocenters. The minimum atomic E-state index is -2.95. The fourth-order valence-corrected chi connectivity index (χ4v) is 1.20. The summed E-state index contributed by atoms with van der Waals surface area (Å²) >= 11 is 0. The number of phenolic OH excluding ortho intramolecular Hbond substituents is 1. The molecule has 1 aromatic rings. The average Bonchev–Trinajstić information content (AvgIpc) is 1.98. The molecule has 1 N–H and O–H groups in total. The number of carbonyl (C=O) groups is 1. The molecule has 0 saturated carbocycles. The van der Waals surface area contributed by atoms with Crippen molar-refractivity contribution in [3.05, 3.63) is 23.8 Å². The van der Waals surface area contributed by atoms with Gasteiger partial charge in [0.1, 0.15) is 17.3 Å². The molecule has 0 saturated heterocycles. The van der Waals surface area contributed by atoms with Crippen LogP contribution in [0.3, 0.4) is 0 Å². The number of Topliss-reactive ketones (excluding diaryl/α,β-unsaturated/α-hetero) is 1. The Bertz CT molecular complexity index is 364. The van der Waals surface area contributed by atoms with Gasteiger partial charge in [-0.25, -0.2) is 0 Å². The maximum Gasteiger partial charge on any atom is 0.387 e. The normalized spacial score (nSPS) is 10.4.